The van der Waals surface area contributed by atoms with E-state index in [1.165, 1.54) is 32.1 Å². The summed E-state index contributed by atoms with van der Waals surface area (Å²) in [6.45, 7) is 4.29. The zero-order valence-corrected chi connectivity index (χ0v) is 12.6. The van der Waals surface area contributed by atoms with E-state index in [4.69, 9.17) is 0 Å². The molecule has 2 nitrogen and oxygen atoms in total. The summed E-state index contributed by atoms with van der Waals surface area (Å²) in [5.74, 6) is 0.280. The molecule has 0 aromatic heterocycles. The van der Waals surface area contributed by atoms with Gasteiger partial charge in [-0.2, -0.15) is 0 Å². The molecule has 1 unspecified atom stereocenters. The molecule has 0 radical (unpaired) electrons. The Morgan fingerprint density at radius 1 is 1.19 bits per heavy atom. The molecule has 1 amide bonds. The molecule has 0 aliphatic carbocycles. The van der Waals surface area contributed by atoms with E-state index >= 15 is 0 Å². The number of unbranched alkanes of at least 4 members (excludes halogenated alkanes) is 5. The Kier molecular flexibility index (Phi) is 10.1. The minimum absolute atomic E-state index is 0.280. The summed E-state index contributed by atoms with van der Waals surface area (Å²) in [5, 5.41) is 0.853. The lowest BCUT2D eigenvalue weighted by Gasteiger charge is -2.23. The Morgan fingerprint density at radius 2 is 1.75 bits per heavy atom. The minimum Gasteiger partial charge on any atom is -0.342 e. The number of carbonyl (C=O) groups is 1. The maximum absolute atomic E-state index is 11.7. The van der Waals surface area contributed by atoms with Crippen LogP contribution in [0.5, 0.6) is 0 Å². The fourth-order valence-corrected chi connectivity index (χ4v) is 2.02. The first kappa shape index (κ1) is 16.0. The highest BCUT2D eigenvalue weighted by Crippen LogP contribution is 2.09. The van der Waals surface area contributed by atoms with Gasteiger partial charge >= 0.3 is 0 Å². The zero-order chi connectivity index (χ0) is 12.4. The lowest BCUT2D eigenvalue weighted by molar-refractivity contribution is -0.131. The predicted molar refractivity (Wildman–Crippen MR) is 74.0 cm³/mol. The maximum Gasteiger partial charge on any atom is 0.222 e. The van der Waals surface area contributed by atoms with Crippen LogP contribution in [0.1, 0.15) is 58.8 Å². The topological polar surface area (TPSA) is 20.3 Å². The fourth-order valence-electron chi connectivity index (χ4n) is 1.58. The van der Waals surface area contributed by atoms with E-state index in [9.17, 15) is 4.79 Å². The number of hydrogen-bond acceptors (Lipinski definition) is 1. The van der Waals surface area contributed by atoms with Crippen LogP contribution in [0.2, 0.25) is 0 Å². The monoisotopic (exact) mass is 291 g/mol. The molecule has 0 aliphatic heterocycles. The molecule has 16 heavy (non-hydrogen) atoms. The molecule has 1 atom stereocenters. The third kappa shape index (κ3) is 7.26. The van der Waals surface area contributed by atoms with Crippen molar-refractivity contribution in [1.82, 2.24) is 4.90 Å². The van der Waals surface area contributed by atoms with Crippen molar-refractivity contribution >= 4 is 21.8 Å². The number of amides is 1. The molecular weight excluding hydrogens is 266 g/mol. The minimum atomic E-state index is 0.280. The van der Waals surface area contributed by atoms with Crippen LogP contribution in [0.3, 0.4) is 0 Å². The van der Waals surface area contributed by atoms with E-state index in [0.29, 0.717) is 12.5 Å². The van der Waals surface area contributed by atoms with E-state index < -0.39 is 0 Å². The standard InChI is InChI=1S/C13H26BrNO/c1-4-5-6-7-8-9-10-13(16)15(3)12(2)11-14/h12H,4-11H2,1-3H3. The van der Waals surface area contributed by atoms with E-state index in [1.54, 1.807) is 0 Å². The van der Waals surface area contributed by atoms with Crippen molar-refractivity contribution in [1.29, 1.82) is 0 Å². The van der Waals surface area contributed by atoms with Crippen LogP contribution in [0.25, 0.3) is 0 Å². The summed E-state index contributed by atoms with van der Waals surface area (Å²) in [4.78, 5) is 13.6. The normalized spacial score (nSPS) is 12.5. The van der Waals surface area contributed by atoms with Crippen molar-refractivity contribution in [3.05, 3.63) is 0 Å². The Hall–Kier alpha value is -0.0500. The van der Waals surface area contributed by atoms with E-state index in [0.717, 1.165) is 11.8 Å². The number of hydrogen-bond donors (Lipinski definition) is 0. The highest BCUT2D eigenvalue weighted by molar-refractivity contribution is 9.09. The van der Waals surface area contributed by atoms with Crippen LogP contribution in [0, 0.1) is 0 Å². The first-order valence-electron chi connectivity index (χ1n) is 6.45. The highest BCUT2D eigenvalue weighted by Gasteiger charge is 2.13. The van der Waals surface area contributed by atoms with Gasteiger partial charge in [0.25, 0.3) is 0 Å². The van der Waals surface area contributed by atoms with Crippen LogP contribution in [0.15, 0.2) is 0 Å². The lowest BCUT2D eigenvalue weighted by atomic mass is 10.1. The molecule has 0 fully saturated rings. The van der Waals surface area contributed by atoms with Crippen LogP contribution in [0.4, 0.5) is 0 Å². The molecule has 0 aromatic carbocycles. The first-order valence-corrected chi connectivity index (χ1v) is 7.57. The quantitative estimate of drug-likeness (QED) is 0.465. The van der Waals surface area contributed by atoms with Gasteiger partial charge in [-0.15, -0.1) is 0 Å². The van der Waals surface area contributed by atoms with Gasteiger partial charge in [-0.25, -0.2) is 0 Å². The Labute approximate surface area is 109 Å². The second kappa shape index (κ2) is 10.1. The van der Waals surface area contributed by atoms with Gasteiger partial charge in [-0.3, -0.25) is 4.79 Å². The summed E-state index contributed by atoms with van der Waals surface area (Å²) in [6, 6.07) is 0.299. The molecule has 0 bridgehead atoms. The van der Waals surface area contributed by atoms with Crippen molar-refractivity contribution in [3.8, 4) is 0 Å². The van der Waals surface area contributed by atoms with Crippen molar-refractivity contribution < 1.29 is 4.79 Å². The largest absolute Gasteiger partial charge is 0.342 e. The first-order chi connectivity index (χ1) is 7.63. The van der Waals surface area contributed by atoms with Crippen molar-refractivity contribution in [2.45, 2.75) is 64.8 Å². The van der Waals surface area contributed by atoms with Crippen LogP contribution in [-0.2, 0) is 4.79 Å². The van der Waals surface area contributed by atoms with Gasteiger partial charge in [0.1, 0.15) is 0 Å². The van der Waals surface area contributed by atoms with Gasteiger partial charge in [0, 0.05) is 24.8 Å². The number of halogens is 1. The average Bonchev–Trinajstić information content (AvgIpc) is 2.31. The van der Waals surface area contributed by atoms with Gasteiger partial charge in [0.15, 0.2) is 0 Å². The number of carbonyl (C=O) groups excluding carboxylic acids is 1. The SMILES string of the molecule is CCCCCCCCC(=O)N(C)C(C)CBr. The summed E-state index contributed by atoms with van der Waals surface area (Å²) in [6.07, 6.45) is 8.15. The average molecular weight is 292 g/mol. The second-order valence-electron chi connectivity index (χ2n) is 4.53. The van der Waals surface area contributed by atoms with Crippen LogP contribution in [-0.4, -0.2) is 29.2 Å². The smallest absolute Gasteiger partial charge is 0.222 e. The second-order valence-corrected chi connectivity index (χ2v) is 5.17. The Morgan fingerprint density at radius 3 is 2.31 bits per heavy atom. The van der Waals surface area contributed by atoms with Crippen LogP contribution < -0.4 is 0 Å². The zero-order valence-electron chi connectivity index (χ0n) is 11.0. The van der Waals surface area contributed by atoms with Gasteiger partial charge in [0.05, 0.1) is 0 Å². The third-order valence-electron chi connectivity index (χ3n) is 3.02. The van der Waals surface area contributed by atoms with E-state index in [-0.39, 0.29) is 5.91 Å². The molecular formula is C13H26BrNO. The molecule has 0 aromatic rings. The molecule has 0 saturated carbocycles. The molecule has 0 aliphatic rings. The van der Waals surface area contributed by atoms with Gasteiger partial charge in [0.2, 0.25) is 5.91 Å². The van der Waals surface area contributed by atoms with E-state index in [2.05, 4.69) is 29.8 Å². The number of rotatable bonds is 9. The van der Waals surface area contributed by atoms with Gasteiger partial charge < -0.3 is 4.90 Å². The van der Waals surface area contributed by atoms with Crippen molar-refractivity contribution in [2.75, 3.05) is 12.4 Å². The van der Waals surface area contributed by atoms with E-state index in [1.807, 2.05) is 11.9 Å². The molecule has 0 saturated heterocycles. The predicted octanol–water partition coefficient (Wildman–Crippen LogP) is 3.98. The summed E-state index contributed by atoms with van der Waals surface area (Å²) in [5.41, 5.74) is 0. The molecule has 0 spiro atoms. The highest BCUT2D eigenvalue weighted by atomic mass is 79.9. The number of alkyl halides is 1. The molecule has 3 heteroatoms. The lowest BCUT2D eigenvalue weighted by Crippen LogP contribution is -2.35. The fraction of sp³-hybridized carbons (Fsp3) is 0.923. The molecule has 0 heterocycles. The molecule has 0 rings (SSSR count). The van der Waals surface area contributed by atoms with Crippen molar-refractivity contribution in [3.63, 3.8) is 0 Å². The summed E-state index contributed by atoms with van der Waals surface area (Å²) >= 11 is 3.40. The molecule has 0 N–H and O–H groups in total. The van der Waals surface area contributed by atoms with Gasteiger partial charge in [-0.05, 0) is 13.3 Å². The third-order valence-corrected chi connectivity index (χ3v) is 3.96. The van der Waals surface area contributed by atoms with Gasteiger partial charge in [-0.1, -0.05) is 55.0 Å². The van der Waals surface area contributed by atoms with Crippen LogP contribution >= 0.6 is 15.9 Å². The summed E-state index contributed by atoms with van der Waals surface area (Å²) < 4.78 is 0. The summed E-state index contributed by atoms with van der Waals surface area (Å²) in [7, 11) is 1.89. The maximum atomic E-state index is 11.7. The number of nitrogens with zero attached hydrogens (tertiary/aromatic N) is 1. The Balaban J connectivity index is 3.50. The Bertz CT molecular complexity index is 185. The molecule has 96 valence electrons. The van der Waals surface area contributed by atoms with Crippen molar-refractivity contribution in [2.24, 2.45) is 0 Å².